The van der Waals surface area contributed by atoms with Crippen molar-refractivity contribution in [3.8, 4) is 67.8 Å². The summed E-state index contributed by atoms with van der Waals surface area (Å²) in [6.45, 7) is 0. The summed E-state index contributed by atoms with van der Waals surface area (Å²) in [6.07, 6.45) is 0. The fraction of sp³-hybridized carbons (Fsp3) is 0. The lowest BCUT2D eigenvalue weighted by Crippen LogP contribution is -2.06. The highest BCUT2D eigenvalue weighted by Gasteiger charge is 2.24. The van der Waals surface area contributed by atoms with Gasteiger partial charge in [0.25, 0.3) is 0 Å². The molecule has 290 valence electrons. The molecular weight excluding hydrogens is 755 g/mol. The van der Waals surface area contributed by atoms with Gasteiger partial charge in [-0.05, 0) is 52.1 Å². The lowest BCUT2D eigenvalue weighted by Gasteiger charge is -2.15. The van der Waals surface area contributed by atoms with Crippen molar-refractivity contribution < 1.29 is 0 Å². The van der Waals surface area contributed by atoms with Gasteiger partial charge in [-0.2, -0.15) is 9.97 Å². The van der Waals surface area contributed by atoms with E-state index in [-0.39, 0.29) is 0 Å². The number of nitrogens with zero attached hydrogens (tertiary/aromatic N) is 5. The molecule has 0 amide bonds. The summed E-state index contributed by atoms with van der Waals surface area (Å²) in [4.78, 5) is 15.8. The smallest absolute Gasteiger partial charge is 0.238 e. The highest BCUT2D eigenvalue weighted by molar-refractivity contribution is 6.26. The molecule has 0 spiro atoms. The molecule has 0 bridgehead atoms. The van der Waals surface area contributed by atoms with Crippen LogP contribution < -0.4 is 0 Å². The summed E-state index contributed by atoms with van der Waals surface area (Å²) in [5.74, 6) is 1.79. The predicted octanol–water partition coefficient (Wildman–Crippen LogP) is 14.4. The summed E-state index contributed by atoms with van der Waals surface area (Å²) in [7, 11) is 0. The van der Waals surface area contributed by atoms with Gasteiger partial charge in [0.05, 0.1) is 27.8 Å². The van der Waals surface area contributed by atoms with E-state index in [1.54, 1.807) is 0 Å². The molecule has 12 aromatic rings. The van der Waals surface area contributed by atoms with Gasteiger partial charge < -0.3 is 4.57 Å². The van der Waals surface area contributed by atoms with Crippen molar-refractivity contribution in [1.82, 2.24) is 24.1 Å². The minimum absolute atomic E-state index is 0.565. The van der Waals surface area contributed by atoms with Crippen LogP contribution in [0.15, 0.2) is 224 Å². The molecular formula is C57H37N5. The summed E-state index contributed by atoms with van der Waals surface area (Å²) >= 11 is 0. The largest absolute Gasteiger partial charge is 0.309 e. The molecule has 3 aromatic heterocycles. The number of hydrogen-bond acceptors (Lipinski definition) is 3. The lowest BCUT2D eigenvalue weighted by atomic mass is 9.99. The van der Waals surface area contributed by atoms with Crippen LogP contribution in [0.1, 0.15) is 0 Å². The Morgan fingerprint density at radius 1 is 0.274 bits per heavy atom. The molecule has 12 rings (SSSR count). The van der Waals surface area contributed by atoms with E-state index in [0.717, 1.165) is 82.7 Å². The zero-order valence-electron chi connectivity index (χ0n) is 33.6. The van der Waals surface area contributed by atoms with Gasteiger partial charge >= 0.3 is 0 Å². The maximum Gasteiger partial charge on any atom is 0.238 e. The van der Waals surface area contributed by atoms with Crippen LogP contribution in [0.3, 0.4) is 0 Å². The van der Waals surface area contributed by atoms with Gasteiger partial charge in [-0.25, -0.2) is 4.98 Å². The van der Waals surface area contributed by atoms with E-state index in [9.17, 15) is 0 Å². The molecule has 0 aliphatic heterocycles. The Morgan fingerprint density at radius 2 is 0.726 bits per heavy atom. The Balaban J connectivity index is 1.10. The zero-order chi connectivity index (χ0) is 41.0. The van der Waals surface area contributed by atoms with Gasteiger partial charge in [-0.1, -0.05) is 200 Å². The third-order valence-electron chi connectivity index (χ3n) is 12.0. The van der Waals surface area contributed by atoms with Gasteiger partial charge in [0.2, 0.25) is 5.95 Å². The molecule has 9 aromatic carbocycles. The van der Waals surface area contributed by atoms with Crippen LogP contribution in [0.25, 0.3) is 111 Å². The van der Waals surface area contributed by atoms with E-state index in [0.29, 0.717) is 17.6 Å². The molecule has 0 atom stereocenters. The topological polar surface area (TPSA) is 48.5 Å². The second-order valence-corrected chi connectivity index (χ2v) is 15.6. The highest BCUT2D eigenvalue weighted by atomic mass is 15.2. The Morgan fingerprint density at radius 3 is 1.35 bits per heavy atom. The molecule has 62 heavy (non-hydrogen) atoms. The second-order valence-electron chi connectivity index (χ2n) is 15.6. The van der Waals surface area contributed by atoms with Crippen molar-refractivity contribution in [2.45, 2.75) is 0 Å². The van der Waals surface area contributed by atoms with Gasteiger partial charge in [0, 0.05) is 38.2 Å². The third-order valence-corrected chi connectivity index (χ3v) is 12.0. The fourth-order valence-corrected chi connectivity index (χ4v) is 9.11. The summed E-state index contributed by atoms with van der Waals surface area (Å²) in [5, 5.41) is 4.56. The van der Waals surface area contributed by atoms with Gasteiger partial charge in [0.1, 0.15) is 0 Å². The van der Waals surface area contributed by atoms with E-state index >= 15 is 0 Å². The van der Waals surface area contributed by atoms with Gasteiger partial charge in [-0.3, -0.25) is 4.57 Å². The second kappa shape index (κ2) is 14.7. The van der Waals surface area contributed by atoms with Crippen LogP contribution >= 0.6 is 0 Å². The van der Waals surface area contributed by atoms with Crippen LogP contribution in [0, 0.1) is 0 Å². The molecule has 3 heterocycles. The number of hydrogen-bond donors (Lipinski definition) is 0. The first-order chi connectivity index (χ1) is 30.8. The Labute approximate surface area is 358 Å². The fourth-order valence-electron chi connectivity index (χ4n) is 9.11. The minimum Gasteiger partial charge on any atom is -0.309 e. The zero-order valence-corrected chi connectivity index (χ0v) is 33.6. The molecule has 0 aliphatic rings. The normalized spacial score (nSPS) is 11.5. The number of para-hydroxylation sites is 3. The average molecular weight is 792 g/mol. The van der Waals surface area contributed by atoms with Gasteiger partial charge in [0.15, 0.2) is 11.6 Å². The molecule has 0 N–H and O–H groups in total. The van der Waals surface area contributed by atoms with E-state index in [1.165, 1.54) is 11.1 Å². The first-order valence-electron chi connectivity index (χ1n) is 21.0. The highest BCUT2D eigenvalue weighted by Crippen LogP contribution is 2.43. The van der Waals surface area contributed by atoms with E-state index < -0.39 is 0 Å². The Hall–Kier alpha value is -8.41. The monoisotopic (exact) mass is 791 g/mol. The Kier molecular flexibility index (Phi) is 8.42. The van der Waals surface area contributed by atoms with Crippen LogP contribution in [-0.2, 0) is 0 Å². The van der Waals surface area contributed by atoms with Crippen LogP contribution in [-0.4, -0.2) is 24.1 Å². The average Bonchev–Trinajstić information content (AvgIpc) is 3.88. The Bertz CT molecular complexity index is 3590. The molecule has 0 radical (unpaired) electrons. The SMILES string of the molecule is c1ccc(-c2ccc(-c3nc(-c4ccccc4)nc(-n4c5ccccc5c5ccc6c(c7ccccc7n6-c6ccccc6-c6ccc(-c7ccccc7)cc6)c54)n3)cc2)cc1. The third kappa shape index (κ3) is 5.90. The van der Waals surface area contributed by atoms with Crippen LogP contribution in [0.4, 0.5) is 0 Å². The van der Waals surface area contributed by atoms with Crippen molar-refractivity contribution in [1.29, 1.82) is 0 Å². The maximum atomic E-state index is 5.34. The quantitative estimate of drug-likeness (QED) is 0.162. The molecule has 5 nitrogen and oxygen atoms in total. The van der Waals surface area contributed by atoms with Crippen molar-refractivity contribution >= 4 is 43.6 Å². The van der Waals surface area contributed by atoms with Crippen LogP contribution in [0.5, 0.6) is 0 Å². The predicted molar refractivity (Wildman–Crippen MR) is 256 cm³/mol. The van der Waals surface area contributed by atoms with Crippen molar-refractivity contribution in [2.24, 2.45) is 0 Å². The lowest BCUT2D eigenvalue weighted by molar-refractivity contribution is 0.955. The molecule has 0 fully saturated rings. The van der Waals surface area contributed by atoms with Crippen molar-refractivity contribution in [3.05, 3.63) is 224 Å². The minimum atomic E-state index is 0.565. The van der Waals surface area contributed by atoms with E-state index in [4.69, 9.17) is 15.0 Å². The molecule has 0 aliphatic carbocycles. The van der Waals surface area contributed by atoms with E-state index in [2.05, 4.69) is 209 Å². The first-order valence-corrected chi connectivity index (χ1v) is 21.0. The van der Waals surface area contributed by atoms with Crippen molar-refractivity contribution in [2.75, 3.05) is 0 Å². The molecule has 0 unspecified atom stereocenters. The summed E-state index contributed by atoms with van der Waals surface area (Å²) in [5.41, 5.74) is 14.3. The maximum absolute atomic E-state index is 5.34. The standard InChI is InChI=1S/C57H37N5/c1-4-16-38(17-5-1)40-28-32-42(33-29-40)45-22-10-13-25-49(45)61-51-27-15-12-24-48(51)53-52(61)37-36-47-46-23-11-14-26-50(46)62(54(47)53)57-59-55(43-20-8-3-9-21-43)58-56(60-57)44-34-30-41(31-35-44)39-18-6-2-7-19-39/h1-37H. The number of aromatic nitrogens is 5. The molecule has 0 saturated heterocycles. The van der Waals surface area contributed by atoms with Gasteiger partial charge in [-0.15, -0.1) is 0 Å². The number of fused-ring (bicyclic) bond motifs is 7. The summed E-state index contributed by atoms with van der Waals surface area (Å²) < 4.78 is 4.68. The molecule has 5 heteroatoms. The first kappa shape index (κ1) is 35.5. The summed E-state index contributed by atoms with van der Waals surface area (Å²) in [6, 6.07) is 79.2. The van der Waals surface area contributed by atoms with E-state index in [1.807, 2.05) is 24.3 Å². The number of rotatable bonds is 7. The molecule has 0 saturated carbocycles. The van der Waals surface area contributed by atoms with Crippen LogP contribution in [0.2, 0.25) is 0 Å². The number of benzene rings is 9. The van der Waals surface area contributed by atoms with Crippen molar-refractivity contribution in [3.63, 3.8) is 0 Å².